The Morgan fingerprint density at radius 1 is 1.47 bits per heavy atom. The molecule has 1 saturated carbocycles. The SMILES string of the molecule is COC(=O)c1cc(NC2(C)CCC2)ccc1N. The zero-order valence-corrected chi connectivity index (χ0v) is 10.2. The van der Waals surface area contributed by atoms with Crippen LogP contribution in [0.25, 0.3) is 0 Å². The third kappa shape index (κ3) is 2.35. The van der Waals surface area contributed by atoms with E-state index in [0.717, 1.165) is 18.5 Å². The third-order valence-corrected chi connectivity index (χ3v) is 3.36. The molecule has 1 aromatic rings. The number of carbonyl (C=O) groups is 1. The highest BCUT2D eigenvalue weighted by Gasteiger charge is 2.31. The molecule has 2 rings (SSSR count). The molecule has 0 aliphatic heterocycles. The van der Waals surface area contributed by atoms with E-state index in [0.29, 0.717) is 11.3 Å². The van der Waals surface area contributed by atoms with Gasteiger partial charge in [0.15, 0.2) is 0 Å². The molecule has 0 saturated heterocycles. The second-order valence-corrected chi connectivity index (χ2v) is 4.83. The number of benzene rings is 1. The molecule has 92 valence electrons. The second kappa shape index (κ2) is 4.28. The summed E-state index contributed by atoms with van der Waals surface area (Å²) in [5.41, 5.74) is 7.68. The minimum atomic E-state index is -0.398. The Labute approximate surface area is 101 Å². The molecule has 3 N–H and O–H groups in total. The van der Waals surface area contributed by atoms with E-state index >= 15 is 0 Å². The Hall–Kier alpha value is -1.71. The number of carbonyl (C=O) groups excluding carboxylic acids is 1. The molecule has 0 atom stereocenters. The number of hydrogen-bond acceptors (Lipinski definition) is 4. The highest BCUT2D eigenvalue weighted by molar-refractivity contribution is 5.96. The van der Waals surface area contributed by atoms with E-state index < -0.39 is 5.97 Å². The standard InChI is InChI=1S/C13H18N2O2/c1-13(6-3-7-13)15-9-4-5-11(14)10(8-9)12(16)17-2/h4-5,8,15H,3,6-7,14H2,1-2H3. The van der Waals surface area contributed by atoms with Crippen molar-refractivity contribution in [2.75, 3.05) is 18.2 Å². The van der Waals surface area contributed by atoms with Crippen molar-refractivity contribution in [1.29, 1.82) is 0 Å². The van der Waals surface area contributed by atoms with Crippen LogP contribution in [0.2, 0.25) is 0 Å². The third-order valence-electron chi connectivity index (χ3n) is 3.36. The quantitative estimate of drug-likeness (QED) is 0.622. The molecule has 4 nitrogen and oxygen atoms in total. The molecule has 1 fully saturated rings. The maximum atomic E-state index is 11.5. The van der Waals surface area contributed by atoms with Gasteiger partial charge in [0.25, 0.3) is 0 Å². The molecule has 1 aliphatic carbocycles. The number of nitrogens with two attached hydrogens (primary N) is 1. The Balaban J connectivity index is 2.21. The van der Waals surface area contributed by atoms with Gasteiger partial charge in [-0.2, -0.15) is 0 Å². The summed E-state index contributed by atoms with van der Waals surface area (Å²) in [5, 5.41) is 3.44. The fraction of sp³-hybridized carbons (Fsp3) is 0.462. The van der Waals surface area contributed by atoms with Gasteiger partial charge in [0, 0.05) is 16.9 Å². The van der Waals surface area contributed by atoms with Crippen LogP contribution in [0.4, 0.5) is 11.4 Å². The van der Waals surface area contributed by atoms with Crippen molar-refractivity contribution in [3.05, 3.63) is 23.8 Å². The van der Waals surface area contributed by atoms with Gasteiger partial charge in [-0.25, -0.2) is 4.79 Å². The number of anilines is 2. The number of nitrogens with one attached hydrogen (secondary N) is 1. The molecule has 4 heteroatoms. The van der Waals surface area contributed by atoms with Crippen molar-refractivity contribution in [3.63, 3.8) is 0 Å². The number of esters is 1. The van der Waals surface area contributed by atoms with E-state index in [1.54, 1.807) is 12.1 Å². The van der Waals surface area contributed by atoms with Gasteiger partial charge < -0.3 is 15.8 Å². The van der Waals surface area contributed by atoms with Crippen LogP contribution in [0.15, 0.2) is 18.2 Å². The number of methoxy groups -OCH3 is 1. The Kier molecular flexibility index (Phi) is 2.96. The summed E-state index contributed by atoms with van der Waals surface area (Å²) in [6.45, 7) is 2.19. The largest absolute Gasteiger partial charge is 0.465 e. The van der Waals surface area contributed by atoms with Gasteiger partial charge in [-0.15, -0.1) is 0 Å². The first-order chi connectivity index (χ1) is 8.04. The molecule has 0 radical (unpaired) electrons. The number of ether oxygens (including phenoxy) is 1. The van der Waals surface area contributed by atoms with Gasteiger partial charge in [0.1, 0.15) is 0 Å². The fourth-order valence-electron chi connectivity index (χ4n) is 2.10. The average molecular weight is 234 g/mol. The molecule has 0 heterocycles. The fourth-order valence-corrected chi connectivity index (χ4v) is 2.10. The first-order valence-electron chi connectivity index (χ1n) is 5.80. The summed E-state index contributed by atoms with van der Waals surface area (Å²) in [6, 6.07) is 5.38. The van der Waals surface area contributed by atoms with Crippen LogP contribution in [-0.4, -0.2) is 18.6 Å². The van der Waals surface area contributed by atoms with Crippen LogP contribution < -0.4 is 11.1 Å². The van der Waals surface area contributed by atoms with E-state index in [-0.39, 0.29) is 5.54 Å². The zero-order chi connectivity index (χ0) is 12.5. The van der Waals surface area contributed by atoms with Crippen molar-refractivity contribution in [2.24, 2.45) is 0 Å². The molecule has 17 heavy (non-hydrogen) atoms. The summed E-state index contributed by atoms with van der Waals surface area (Å²) in [4.78, 5) is 11.5. The van der Waals surface area contributed by atoms with Crippen LogP contribution in [0.3, 0.4) is 0 Å². The molecule has 0 spiro atoms. The van der Waals surface area contributed by atoms with Gasteiger partial charge >= 0.3 is 5.97 Å². The van der Waals surface area contributed by atoms with E-state index in [1.807, 2.05) is 6.07 Å². The summed E-state index contributed by atoms with van der Waals surface area (Å²) in [6.07, 6.45) is 3.57. The van der Waals surface area contributed by atoms with Gasteiger partial charge in [0.2, 0.25) is 0 Å². The molecular weight excluding hydrogens is 216 g/mol. The van der Waals surface area contributed by atoms with Gasteiger partial charge in [-0.05, 0) is 44.4 Å². The normalized spacial score (nSPS) is 17.1. The molecule has 0 aromatic heterocycles. The lowest BCUT2D eigenvalue weighted by Crippen LogP contribution is -2.41. The Morgan fingerprint density at radius 2 is 2.18 bits per heavy atom. The molecule has 1 aliphatic rings. The topological polar surface area (TPSA) is 64.3 Å². The van der Waals surface area contributed by atoms with E-state index in [2.05, 4.69) is 12.2 Å². The summed E-state index contributed by atoms with van der Waals surface area (Å²) in [7, 11) is 1.36. The average Bonchev–Trinajstić information content (AvgIpc) is 2.28. The maximum absolute atomic E-state index is 11.5. The Bertz CT molecular complexity index is 439. The molecule has 0 amide bonds. The molecule has 1 aromatic carbocycles. The van der Waals surface area contributed by atoms with Crippen LogP contribution >= 0.6 is 0 Å². The minimum absolute atomic E-state index is 0.156. The predicted octanol–water partition coefficient (Wildman–Crippen LogP) is 2.41. The van der Waals surface area contributed by atoms with Crippen LogP contribution in [-0.2, 0) is 4.74 Å². The number of nitrogen functional groups attached to an aromatic ring is 1. The van der Waals surface area contributed by atoms with E-state index in [4.69, 9.17) is 10.5 Å². The summed E-state index contributed by atoms with van der Waals surface area (Å²) < 4.78 is 4.70. The lowest BCUT2D eigenvalue weighted by Gasteiger charge is -2.40. The van der Waals surface area contributed by atoms with Crippen LogP contribution in [0, 0.1) is 0 Å². The lowest BCUT2D eigenvalue weighted by molar-refractivity contribution is 0.0602. The van der Waals surface area contributed by atoms with Crippen LogP contribution in [0.1, 0.15) is 36.5 Å². The van der Waals surface area contributed by atoms with Crippen molar-refractivity contribution in [1.82, 2.24) is 0 Å². The highest BCUT2D eigenvalue weighted by Crippen LogP contribution is 2.35. The van der Waals surface area contributed by atoms with Crippen molar-refractivity contribution in [2.45, 2.75) is 31.7 Å². The van der Waals surface area contributed by atoms with Crippen molar-refractivity contribution >= 4 is 17.3 Å². The number of rotatable bonds is 3. The maximum Gasteiger partial charge on any atom is 0.340 e. The molecule has 0 unspecified atom stereocenters. The van der Waals surface area contributed by atoms with E-state index in [9.17, 15) is 4.79 Å². The highest BCUT2D eigenvalue weighted by atomic mass is 16.5. The first kappa shape index (κ1) is 11.8. The second-order valence-electron chi connectivity index (χ2n) is 4.83. The monoisotopic (exact) mass is 234 g/mol. The first-order valence-corrected chi connectivity index (χ1v) is 5.80. The van der Waals surface area contributed by atoms with Gasteiger partial charge in [-0.3, -0.25) is 0 Å². The summed E-state index contributed by atoms with van der Waals surface area (Å²) >= 11 is 0. The number of hydrogen-bond donors (Lipinski definition) is 2. The predicted molar refractivity (Wildman–Crippen MR) is 68.1 cm³/mol. The molecular formula is C13H18N2O2. The van der Waals surface area contributed by atoms with Crippen molar-refractivity contribution in [3.8, 4) is 0 Å². The van der Waals surface area contributed by atoms with Crippen molar-refractivity contribution < 1.29 is 9.53 Å². The lowest BCUT2D eigenvalue weighted by atomic mass is 9.78. The van der Waals surface area contributed by atoms with E-state index in [1.165, 1.54) is 13.5 Å². The van der Waals surface area contributed by atoms with Gasteiger partial charge in [0.05, 0.1) is 12.7 Å². The molecule has 0 bridgehead atoms. The van der Waals surface area contributed by atoms with Gasteiger partial charge in [-0.1, -0.05) is 0 Å². The smallest absolute Gasteiger partial charge is 0.340 e. The zero-order valence-electron chi connectivity index (χ0n) is 10.2. The van der Waals surface area contributed by atoms with Crippen LogP contribution in [0.5, 0.6) is 0 Å². The summed E-state index contributed by atoms with van der Waals surface area (Å²) in [5.74, 6) is -0.398. The Morgan fingerprint density at radius 3 is 2.71 bits per heavy atom. The minimum Gasteiger partial charge on any atom is -0.465 e.